The third-order valence-corrected chi connectivity index (χ3v) is 7.32. The van der Waals surface area contributed by atoms with Gasteiger partial charge in [0.25, 0.3) is 0 Å². The van der Waals surface area contributed by atoms with Crippen LogP contribution in [0.3, 0.4) is 0 Å². The lowest BCUT2D eigenvalue weighted by molar-refractivity contribution is 0.118. The number of aryl methyl sites for hydroxylation is 1. The summed E-state index contributed by atoms with van der Waals surface area (Å²) in [6, 6.07) is 3.60. The Labute approximate surface area is 222 Å². The van der Waals surface area contributed by atoms with E-state index in [1.807, 2.05) is 55.4 Å². The van der Waals surface area contributed by atoms with Crippen molar-refractivity contribution in [2.45, 2.75) is 58.7 Å². The van der Waals surface area contributed by atoms with Crippen LogP contribution in [0.4, 0.5) is 15.9 Å². The van der Waals surface area contributed by atoms with Gasteiger partial charge in [-0.2, -0.15) is 0 Å². The second-order valence-electron chi connectivity index (χ2n) is 10.5. The molecule has 1 N–H and O–H groups in total. The fraction of sp³-hybridized carbons (Fsp3) is 0.379. The van der Waals surface area contributed by atoms with E-state index in [0.29, 0.717) is 29.8 Å². The molecule has 0 atom stereocenters. The second kappa shape index (κ2) is 9.95. The van der Waals surface area contributed by atoms with Crippen LogP contribution in [0.1, 0.15) is 56.4 Å². The number of pyridine rings is 2. The SMILES string of the molecule is CC1=CC(OCc2ncc(C3CC3)cc2F)=C(Cl)CN1c1cc(N2C=CC=C(C(C)(C)O)C2)ncc1C. The molecule has 0 aromatic carbocycles. The van der Waals surface area contributed by atoms with E-state index >= 15 is 0 Å². The highest BCUT2D eigenvalue weighted by Crippen LogP contribution is 2.40. The Morgan fingerprint density at radius 3 is 2.65 bits per heavy atom. The van der Waals surface area contributed by atoms with Crippen LogP contribution in [0, 0.1) is 12.7 Å². The zero-order valence-corrected chi connectivity index (χ0v) is 22.4. The molecular formula is C29H32ClFN4O2. The van der Waals surface area contributed by atoms with Crippen molar-refractivity contribution in [1.82, 2.24) is 9.97 Å². The van der Waals surface area contributed by atoms with Crippen LogP contribution in [0.25, 0.3) is 0 Å². The van der Waals surface area contributed by atoms with E-state index in [2.05, 4.69) is 14.9 Å². The summed E-state index contributed by atoms with van der Waals surface area (Å²) in [7, 11) is 0. The minimum absolute atomic E-state index is 0.0168. The summed E-state index contributed by atoms with van der Waals surface area (Å²) >= 11 is 6.67. The molecule has 0 spiro atoms. The molecule has 5 rings (SSSR count). The first kappa shape index (κ1) is 25.5. The van der Waals surface area contributed by atoms with Crippen molar-refractivity contribution in [2.24, 2.45) is 0 Å². The fourth-order valence-corrected chi connectivity index (χ4v) is 4.74. The lowest BCUT2D eigenvalue weighted by atomic mass is 9.96. The van der Waals surface area contributed by atoms with Crippen molar-refractivity contribution in [2.75, 3.05) is 22.9 Å². The Balaban J connectivity index is 1.30. The summed E-state index contributed by atoms with van der Waals surface area (Å²) < 4.78 is 20.4. The van der Waals surface area contributed by atoms with E-state index in [-0.39, 0.29) is 18.1 Å². The van der Waals surface area contributed by atoms with Crippen LogP contribution in [0.15, 0.2) is 71.0 Å². The minimum Gasteiger partial charge on any atom is -0.486 e. The number of hydrogen-bond donors (Lipinski definition) is 1. The molecule has 0 bridgehead atoms. The smallest absolute Gasteiger partial charge is 0.148 e. The Kier molecular flexibility index (Phi) is 6.86. The molecule has 1 fully saturated rings. The van der Waals surface area contributed by atoms with Crippen LogP contribution < -0.4 is 9.80 Å². The molecule has 2 aliphatic heterocycles. The quantitative estimate of drug-likeness (QED) is 0.465. The lowest BCUT2D eigenvalue weighted by Gasteiger charge is -2.33. The predicted octanol–water partition coefficient (Wildman–Crippen LogP) is 6.22. The number of hydrogen-bond acceptors (Lipinski definition) is 6. The maximum absolute atomic E-state index is 14.5. The molecular weight excluding hydrogens is 491 g/mol. The Morgan fingerprint density at radius 2 is 1.95 bits per heavy atom. The highest BCUT2D eigenvalue weighted by Gasteiger charge is 2.27. The van der Waals surface area contributed by atoms with E-state index in [1.165, 1.54) is 0 Å². The highest BCUT2D eigenvalue weighted by atomic mass is 35.5. The first-order valence-electron chi connectivity index (χ1n) is 12.6. The molecule has 6 nitrogen and oxygen atoms in total. The maximum Gasteiger partial charge on any atom is 0.148 e. The fourth-order valence-electron chi connectivity index (χ4n) is 4.51. The lowest BCUT2D eigenvalue weighted by Crippen LogP contribution is -2.33. The third-order valence-electron chi connectivity index (χ3n) is 7.02. The van der Waals surface area contributed by atoms with E-state index in [9.17, 15) is 9.50 Å². The van der Waals surface area contributed by atoms with Crippen LogP contribution >= 0.6 is 11.6 Å². The summed E-state index contributed by atoms with van der Waals surface area (Å²) in [4.78, 5) is 13.0. The molecule has 194 valence electrons. The largest absolute Gasteiger partial charge is 0.486 e. The standard InChI is InChI=1S/C29H32ClFN4O2/c1-18-13-33-28(34-9-5-6-22(15-34)29(3,4)36)12-26(18)35-16-23(30)27(10-19(35)2)37-17-25-24(31)11-21(14-32-25)20-7-8-20/h5-6,9-14,20,36H,7-8,15-17H2,1-4H3. The number of halogens is 2. The van der Waals surface area contributed by atoms with E-state index in [1.54, 1.807) is 26.1 Å². The number of allylic oxidation sites excluding steroid dienone is 4. The average molecular weight is 523 g/mol. The van der Waals surface area contributed by atoms with Crippen molar-refractivity contribution in [3.8, 4) is 0 Å². The molecule has 4 heterocycles. The number of rotatable bonds is 7. The summed E-state index contributed by atoms with van der Waals surface area (Å²) in [5.74, 6) is 1.41. The van der Waals surface area contributed by atoms with Crippen molar-refractivity contribution in [3.05, 3.63) is 93.7 Å². The summed E-state index contributed by atoms with van der Waals surface area (Å²) in [6.07, 6.45) is 13.5. The van der Waals surface area contributed by atoms with Crippen LogP contribution in [-0.2, 0) is 11.3 Å². The van der Waals surface area contributed by atoms with E-state index in [4.69, 9.17) is 16.3 Å². The average Bonchev–Trinajstić information content (AvgIpc) is 3.71. The maximum atomic E-state index is 14.5. The van der Waals surface area contributed by atoms with Gasteiger partial charge in [0.2, 0.25) is 0 Å². The molecule has 1 aliphatic carbocycles. The molecule has 0 amide bonds. The predicted molar refractivity (Wildman–Crippen MR) is 145 cm³/mol. The van der Waals surface area contributed by atoms with E-state index < -0.39 is 5.60 Å². The third kappa shape index (κ3) is 5.58. The summed E-state index contributed by atoms with van der Waals surface area (Å²) in [5.41, 5.74) is 4.17. The Morgan fingerprint density at radius 1 is 1.16 bits per heavy atom. The van der Waals surface area contributed by atoms with Crippen molar-refractivity contribution < 1.29 is 14.2 Å². The number of ether oxygens (including phenoxy) is 1. The molecule has 2 aromatic heterocycles. The van der Waals surface area contributed by atoms with Crippen molar-refractivity contribution in [1.29, 1.82) is 0 Å². The molecule has 1 saturated carbocycles. The van der Waals surface area contributed by atoms with Gasteiger partial charge in [-0.1, -0.05) is 17.7 Å². The van der Waals surface area contributed by atoms with Gasteiger partial charge in [-0.05, 0) is 75.3 Å². The van der Waals surface area contributed by atoms with Gasteiger partial charge >= 0.3 is 0 Å². The van der Waals surface area contributed by atoms with Gasteiger partial charge in [-0.3, -0.25) is 4.98 Å². The van der Waals surface area contributed by atoms with Gasteiger partial charge in [0.1, 0.15) is 29.7 Å². The summed E-state index contributed by atoms with van der Waals surface area (Å²) in [5, 5.41) is 11.0. The van der Waals surface area contributed by atoms with Gasteiger partial charge in [-0.25, -0.2) is 9.37 Å². The molecule has 0 saturated heterocycles. The van der Waals surface area contributed by atoms with E-state index in [0.717, 1.165) is 46.7 Å². The molecule has 37 heavy (non-hydrogen) atoms. The molecule has 0 unspecified atom stereocenters. The molecule has 3 aliphatic rings. The van der Waals surface area contributed by atoms with Crippen LogP contribution in [0.2, 0.25) is 0 Å². The van der Waals surface area contributed by atoms with Crippen molar-refractivity contribution in [3.63, 3.8) is 0 Å². The second-order valence-corrected chi connectivity index (χ2v) is 10.9. The first-order chi connectivity index (χ1) is 17.6. The van der Waals surface area contributed by atoms with Crippen LogP contribution in [0.5, 0.6) is 0 Å². The highest BCUT2D eigenvalue weighted by molar-refractivity contribution is 6.30. The Bertz CT molecular complexity index is 1340. The molecule has 2 aromatic rings. The zero-order valence-electron chi connectivity index (χ0n) is 21.6. The first-order valence-corrected chi connectivity index (χ1v) is 12.9. The minimum atomic E-state index is -0.908. The van der Waals surface area contributed by atoms with Gasteiger partial charge in [0.15, 0.2) is 0 Å². The van der Waals surface area contributed by atoms with Gasteiger partial charge in [0.05, 0.1) is 17.2 Å². The van der Waals surface area contributed by atoms with Gasteiger partial charge < -0.3 is 19.6 Å². The van der Waals surface area contributed by atoms with Gasteiger partial charge in [0, 0.05) is 48.7 Å². The number of anilines is 2. The molecule has 8 heteroatoms. The molecule has 0 radical (unpaired) electrons. The zero-order chi connectivity index (χ0) is 26.3. The van der Waals surface area contributed by atoms with Crippen molar-refractivity contribution >= 4 is 23.1 Å². The Hall–Kier alpha value is -3.16. The topological polar surface area (TPSA) is 61.7 Å². The summed E-state index contributed by atoms with van der Waals surface area (Å²) in [6.45, 7) is 8.56. The van der Waals surface area contributed by atoms with Crippen LogP contribution in [-0.4, -0.2) is 33.8 Å². The number of aromatic nitrogens is 2. The number of nitrogens with zero attached hydrogens (tertiary/aromatic N) is 4. The number of aliphatic hydroxyl groups is 1. The normalized spacial score (nSPS) is 18.2. The monoisotopic (exact) mass is 522 g/mol. The van der Waals surface area contributed by atoms with Gasteiger partial charge in [-0.15, -0.1) is 0 Å².